The molecule has 58 valence electrons. The molecule has 0 saturated carbocycles. The topological polar surface area (TPSA) is 55.1 Å². The molecular formula is C7H7ClN2O. The van der Waals surface area contributed by atoms with Gasteiger partial charge in [0.15, 0.2) is 0 Å². The van der Waals surface area contributed by atoms with Crippen molar-refractivity contribution in [1.82, 2.24) is 0 Å². The van der Waals surface area contributed by atoms with Crippen LogP contribution in [0.5, 0.6) is 0 Å². The molecule has 0 fully saturated rings. The van der Waals surface area contributed by atoms with Crippen molar-refractivity contribution in [2.24, 2.45) is 0 Å². The van der Waals surface area contributed by atoms with Crippen LogP contribution in [0, 0.1) is 0 Å². The molecule has 11 heavy (non-hydrogen) atoms. The summed E-state index contributed by atoms with van der Waals surface area (Å²) in [5.41, 5.74) is 6.54. The van der Waals surface area contributed by atoms with Crippen LogP contribution >= 0.6 is 11.6 Å². The standard InChI is InChI=1S/C7H7ClN2O/c8-6-2-1-5(9)3-7(6)10-4-11/h1-4H,9H2,(H,10,11). The fourth-order valence-electron chi connectivity index (χ4n) is 0.717. The largest absolute Gasteiger partial charge is 0.399 e. The average Bonchev–Trinajstić information content (AvgIpc) is 1.98. The summed E-state index contributed by atoms with van der Waals surface area (Å²) in [6.45, 7) is 0. The van der Waals surface area contributed by atoms with Gasteiger partial charge in [0.05, 0.1) is 10.7 Å². The minimum absolute atomic E-state index is 0.478. The Balaban J connectivity index is 3.01. The molecule has 0 aliphatic heterocycles. The molecule has 0 bridgehead atoms. The highest BCUT2D eigenvalue weighted by Gasteiger charge is 1.97. The first kappa shape index (κ1) is 7.88. The maximum Gasteiger partial charge on any atom is 0.211 e. The van der Waals surface area contributed by atoms with E-state index >= 15 is 0 Å². The highest BCUT2D eigenvalue weighted by atomic mass is 35.5. The summed E-state index contributed by atoms with van der Waals surface area (Å²) in [4.78, 5) is 10.0. The van der Waals surface area contributed by atoms with E-state index in [4.69, 9.17) is 17.3 Å². The molecule has 0 spiro atoms. The lowest BCUT2D eigenvalue weighted by Crippen LogP contribution is -1.95. The molecule has 0 atom stereocenters. The van der Waals surface area contributed by atoms with Crippen molar-refractivity contribution in [3.05, 3.63) is 23.2 Å². The number of carbonyl (C=O) groups excluding carboxylic acids is 1. The predicted molar refractivity (Wildman–Crippen MR) is 45.6 cm³/mol. The van der Waals surface area contributed by atoms with Crippen LogP contribution in [-0.2, 0) is 4.79 Å². The third-order valence-corrected chi connectivity index (χ3v) is 1.53. The monoisotopic (exact) mass is 170 g/mol. The minimum Gasteiger partial charge on any atom is -0.399 e. The zero-order chi connectivity index (χ0) is 8.27. The van der Waals surface area contributed by atoms with Crippen LogP contribution in [0.1, 0.15) is 0 Å². The molecule has 0 aromatic heterocycles. The molecule has 0 heterocycles. The SMILES string of the molecule is Nc1ccc(Cl)c(NC=O)c1. The van der Waals surface area contributed by atoms with E-state index in [0.29, 0.717) is 22.8 Å². The zero-order valence-electron chi connectivity index (χ0n) is 5.67. The Morgan fingerprint density at radius 2 is 2.27 bits per heavy atom. The van der Waals surface area contributed by atoms with E-state index in [1.807, 2.05) is 0 Å². The minimum atomic E-state index is 0.478. The van der Waals surface area contributed by atoms with Gasteiger partial charge in [0.1, 0.15) is 0 Å². The number of rotatable bonds is 2. The van der Waals surface area contributed by atoms with Crippen molar-refractivity contribution in [2.45, 2.75) is 0 Å². The Morgan fingerprint density at radius 1 is 1.55 bits per heavy atom. The predicted octanol–water partition coefficient (Wildman–Crippen LogP) is 1.49. The van der Waals surface area contributed by atoms with E-state index in [9.17, 15) is 4.79 Å². The summed E-state index contributed by atoms with van der Waals surface area (Å²) in [5.74, 6) is 0. The van der Waals surface area contributed by atoms with Crippen molar-refractivity contribution in [3.63, 3.8) is 0 Å². The number of benzene rings is 1. The van der Waals surface area contributed by atoms with Gasteiger partial charge >= 0.3 is 0 Å². The molecule has 4 heteroatoms. The fourth-order valence-corrected chi connectivity index (χ4v) is 0.889. The van der Waals surface area contributed by atoms with Gasteiger partial charge in [0.2, 0.25) is 6.41 Å². The second-order valence-electron chi connectivity index (χ2n) is 2.00. The van der Waals surface area contributed by atoms with E-state index in [-0.39, 0.29) is 0 Å². The maximum absolute atomic E-state index is 10.0. The Labute approximate surface area is 69.2 Å². The molecular weight excluding hydrogens is 164 g/mol. The van der Waals surface area contributed by atoms with Crippen LogP contribution in [0.2, 0.25) is 5.02 Å². The Morgan fingerprint density at radius 3 is 2.91 bits per heavy atom. The van der Waals surface area contributed by atoms with Crippen LogP contribution in [0.25, 0.3) is 0 Å². The molecule has 0 radical (unpaired) electrons. The lowest BCUT2D eigenvalue weighted by atomic mass is 10.3. The number of hydrogen-bond donors (Lipinski definition) is 2. The third kappa shape index (κ3) is 1.85. The van der Waals surface area contributed by atoms with E-state index < -0.39 is 0 Å². The molecule has 3 N–H and O–H groups in total. The second kappa shape index (κ2) is 3.25. The Bertz CT molecular complexity index is 275. The number of nitrogens with one attached hydrogen (secondary N) is 1. The molecule has 0 saturated heterocycles. The molecule has 1 aromatic rings. The summed E-state index contributed by atoms with van der Waals surface area (Å²) in [5, 5.41) is 2.90. The number of hydrogen-bond acceptors (Lipinski definition) is 2. The number of nitrogens with two attached hydrogens (primary N) is 1. The van der Waals surface area contributed by atoms with Crippen LogP contribution in [0.3, 0.4) is 0 Å². The van der Waals surface area contributed by atoms with Crippen LogP contribution in [0.4, 0.5) is 11.4 Å². The molecule has 0 aliphatic rings. The summed E-state index contributed by atoms with van der Waals surface area (Å²) >= 11 is 5.70. The van der Waals surface area contributed by atoms with Crippen molar-refractivity contribution < 1.29 is 4.79 Å². The van der Waals surface area contributed by atoms with Crippen LogP contribution < -0.4 is 11.1 Å². The van der Waals surface area contributed by atoms with Crippen molar-refractivity contribution in [2.75, 3.05) is 11.1 Å². The Kier molecular flexibility index (Phi) is 2.33. The second-order valence-corrected chi connectivity index (χ2v) is 2.41. The zero-order valence-corrected chi connectivity index (χ0v) is 6.43. The van der Waals surface area contributed by atoms with E-state index in [0.717, 1.165) is 0 Å². The summed E-state index contributed by atoms with van der Waals surface area (Å²) in [6, 6.07) is 4.89. The first-order valence-corrected chi connectivity index (χ1v) is 3.37. The number of amides is 1. The van der Waals surface area contributed by atoms with Gasteiger partial charge < -0.3 is 11.1 Å². The van der Waals surface area contributed by atoms with Crippen molar-refractivity contribution in [3.8, 4) is 0 Å². The van der Waals surface area contributed by atoms with Gasteiger partial charge in [0.25, 0.3) is 0 Å². The average molecular weight is 171 g/mol. The van der Waals surface area contributed by atoms with E-state index in [2.05, 4.69) is 5.32 Å². The highest BCUT2D eigenvalue weighted by molar-refractivity contribution is 6.33. The molecule has 3 nitrogen and oxygen atoms in total. The van der Waals surface area contributed by atoms with Crippen LogP contribution in [0.15, 0.2) is 18.2 Å². The molecule has 0 aliphatic carbocycles. The molecule has 1 rings (SSSR count). The van der Waals surface area contributed by atoms with Gasteiger partial charge in [-0.05, 0) is 18.2 Å². The lowest BCUT2D eigenvalue weighted by molar-refractivity contribution is -0.105. The first-order valence-electron chi connectivity index (χ1n) is 2.99. The quantitative estimate of drug-likeness (QED) is 0.522. The van der Waals surface area contributed by atoms with Gasteiger partial charge in [-0.15, -0.1) is 0 Å². The van der Waals surface area contributed by atoms with Gasteiger partial charge in [-0.2, -0.15) is 0 Å². The number of nitrogen functional groups attached to an aromatic ring is 1. The van der Waals surface area contributed by atoms with Gasteiger partial charge in [-0.25, -0.2) is 0 Å². The normalized spacial score (nSPS) is 9.18. The summed E-state index contributed by atoms with van der Waals surface area (Å²) in [7, 11) is 0. The lowest BCUT2D eigenvalue weighted by Gasteiger charge is -2.01. The Hall–Kier alpha value is -1.22. The van der Waals surface area contributed by atoms with Gasteiger partial charge in [-0.1, -0.05) is 11.6 Å². The molecule has 0 unspecified atom stereocenters. The number of anilines is 2. The van der Waals surface area contributed by atoms with Gasteiger partial charge in [0, 0.05) is 5.69 Å². The van der Waals surface area contributed by atoms with Crippen molar-refractivity contribution in [1.29, 1.82) is 0 Å². The third-order valence-electron chi connectivity index (χ3n) is 1.20. The number of carbonyl (C=O) groups is 1. The van der Waals surface area contributed by atoms with Gasteiger partial charge in [-0.3, -0.25) is 4.79 Å². The first-order chi connectivity index (χ1) is 5.24. The molecule has 1 amide bonds. The fraction of sp³-hybridized carbons (Fsp3) is 0. The van der Waals surface area contributed by atoms with E-state index in [1.165, 1.54) is 0 Å². The smallest absolute Gasteiger partial charge is 0.211 e. The van der Waals surface area contributed by atoms with Crippen molar-refractivity contribution >= 4 is 29.4 Å². The maximum atomic E-state index is 10.0. The molecule has 1 aromatic carbocycles. The summed E-state index contributed by atoms with van der Waals surface area (Å²) in [6.07, 6.45) is 0.556. The summed E-state index contributed by atoms with van der Waals surface area (Å²) < 4.78 is 0. The highest BCUT2D eigenvalue weighted by Crippen LogP contribution is 2.23. The number of halogens is 1. The van der Waals surface area contributed by atoms with E-state index in [1.54, 1.807) is 18.2 Å². The van der Waals surface area contributed by atoms with Crippen LogP contribution in [-0.4, -0.2) is 6.41 Å².